The summed E-state index contributed by atoms with van der Waals surface area (Å²) in [7, 11) is -1.35. The maximum absolute atomic E-state index is 13.8. The van der Waals surface area contributed by atoms with E-state index in [4.69, 9.17) is 0 Å². The summed E-state index contributed by atoms with van der Waals surface area (Å²) in [6.45, 7) is 1.45. The van der Waals surface area contributed by atoms with Crippen LogP contribution in [0, 0.1) is 5.82 Å². The van der Waals surface area contributed by atoms with Gasteiger partial charge in [0.2, 0.25) is 11.8 Å². The molecule has 0 radical (unpaired) electrons. The SMILES string of the molecule is CC[C@@H](C(=O)NC1CCCCC1)N(Cc1ccccc1)C(=O)CN(c1ccc(F)cc1)S(=O)(=O)N(C)C. The number of carbonyl (C=O) groups excluding carboxylic acids is 2. The van der Waals surface area contributed by atoms with Gasteiger partial charge in [0.05, 0.1) is 5.69 Å². The molecular formula is C27H37FN4O4S. The zero-order chi connectivity index (χ0) is 27.0. The lowest BCUT2D eigenvalue weighted by Gasteiger charge is -2.35. The van der Waals surface area contributed by atoms with E-state index in [0.29, 0.717) is 6.42 Å². The second kappa shape index (κ2) is 13.0. The molecule has 10 heteroatoms. The van der Waals surface area contributed by atoms with E-state index < -0.39 is 34.5 Å². The van der Waals surface area contributed by atoms with Gasteiger partial charge in [-0.15, -0.1) is 0 Å². The van der Waals surface area contributed by atoms with Crippen molar-refractivity contribution in [1.82, 2.24) is 14.5 Å². The van der Waals surface area contributed by atoms with Crippen LogP contribution < -0.4 is 9.62 Å². The van der Waals surface area contributed by atoms with Crippen LogP contribution in [0.5, 0.6) is 0 Å². The lowest BCUT2D eigenvalue weighted by Crippen LogP contribution is -2.54. The lowest BCUT2D eigenvalue weighted by atomic mass is 9.95. The van der Waals surface area contributed by atoms with Crippen LogP contribution in [0.15, 0.2) is 54.6 Å². The van der Waals surface area contributed by atoms with Gasteiger partial charge >= 0.3 is 10.2 Å². The predicted octanol–water partition coefficient (Wildman–Crippen LogP) is 3.69. The molecule has 202 valence electrons. The van der Waals surface area contributed by atoms with Crippen LogP contribution in [-0.2, 0) is 26.3 Å². The molecule has 1 atom stereocenters. The van der Waals surface area contributed by atoms with Crippen molar-refractivity contribution in [3.05, 3.63) is 66.0 Å². The smallest absolute Gasteiger partial charge is 0.304 e. The van der Waals surface area contributed by atoms with Gasteiger partial charge in [0.1, 0.15) is 18.4 Å². The molecule has 0 aliphatic heterocycles. The summed E-state index contributed by atoms with van der Waals surface area (Å²) in [4.78, 5) is 28.7. The molecule has 2 aromatic carbocycles. The fraction of sp³-hybridized carbons (Fsp3) is 0.481. The summed E-state index contributed by atoms with van der Waals surface area (Å²) < 4.78 is 41.9. The highest BCUT2D eigenvalue weighted by atomic mass is 32.2. The second-order valence-electron chi connectivity index (χ2n) is 9.55. The molecule has 1 aliphatic rings. The molecule has 37 heavy (non-hydrogen) atoms. The number of anilines is 1. The molecule has 1 fully saturated rings. The third-order valence-electron chi connectivity index (χ3n) is 6.67. The lowest BCUT2D eigenvalue weighted by molar-refractivity contribution is -0.140. The third kappa shape index (κ3) is 7.52. The van der Waals surface area contributed by atoms with E-state index in [9.17, 15) is 22.4 Å². The van der Waals surface area contributed by atoms with Gasteiger partial charge in [-0.2, -0.15) is 12.7 Å². The minimum absolute atomic E-state index is 0.0776. The first-order valence-electron chi connectivity index (χ1n) is 12.7. The minimum Gasteiger partial charge on any atom is -0.352 e. The number of carbonyl (C=O) groups is 2. The maximum atomic E-state index is 13.8. The highest BCUT2D eigenvalue weighted by Gasteiger charge is 2.34. The zero-order valence-corrected chi connectivity index (χ0v) is 22.6. The highest BCUT2D eigenvalue weighted by molar-refractivity contribution is 7.90. The van der Waals surface area contributed by atoms with Crippen LogP contribution in [0.1, 0.15) is 51.0 Å². The Labute approximate surface area is 219 Å². The standard InChI is InChI=1S/C27H37FN4O4S/c1-4-25(27(34)29-23-13-9-6-10-14-23)31(19-21-11-7-5-8-12-21)26(33)20-32(37(35,36)30(2)3)24-17-15-22(28)16-18-24/h5,7-8,11-12,15-18,23,25H,4,6,9-10,13-14,19-20H2,1-3H3,(H,29,34)/t25-/m0/s1. The summed E-state index contributed by atoms with van der Waals surface area (Å²) in [6.07, 6.45) is 5.46. The Morgan fingerprint density at radius 2 is 1.62 bits per heavy atom. The van der Waals surface area contributed by atoms with Gasteiger partial charge in [0.25, 0.3) is 0 Å². The van der Waals surface area contributed by atoms with Gasteiger partial charge in [-0.05, 0) is 49.1 Å². The van der Waals surface area contributed by atoms with Crippen molar-refractivity contribution >= 4 is 27.7 Å². The van der Waals surface area contributed by atoms with Crippen LogP contribution in [0.2, 0.25) is 0 Å². The number of nitrogens with one attached hydrogen (secondary N) is 1. The molecule has 1 saturated carbocycles. The van der Waals surface area contributed by atoms with Crippen LogP contribution >= 0.6 is 0 Å². The first kappa shape index (κ1) is 28.6. The monoisotopic (exact) mass is 532 g/mol. The molecule has 0 heterocycles. The Hall–Kier alpha value is -2.98. The number of amides is 2. The summed E-state index contributed by atoms with van der Waals surface area (Å²) in [5.41, 5.74) is 0.978. The average Bonchev–Trinajstić information content (AvgIpc) is 2.88. The van der Waals surface area contributed by atoms with E-state index in [2.05, 4.69) is 5.32 Å². The van der Waals surface area contributed by atoms with Gasteiger partial charge in [-0.3, -0.25) is 9.59 Å². The van der Waals surface area contributed by atoms with E-state index in [-0.39, 0.29) is 24.2 Å². The fourth-order valence-corrected chi connectivity index (χ4v) is 5.62. The molecule has 2 aromatic rings. The number of hydrogen-bond acceptors (Lipinski definition) is 4. The van der Waals surface area contributed by atoms with E-state index in [0.717, 1.165) is 58.4 Å². The number of rotatable bonds is 11. The molecule has 2 amide bonds. The van der Waals surface area contributed by atoms with Crippen molar-refractivity contribution in [3.63, 3.8) is 0 Å². The summed E-state index contributed by atoms with van der Waals surface area (Å²) in [6, 6.07) is 13.5. The third-order valence-corrected chi connectivity index (χ3v) is 8.49. The van der Waals surface area contributed by atoms with Crippen molar-refractivity contribution < 1.29 is 22.4 Å². The fourth-order valence-electron chi connectivity index (χ4n) is 4.57. The number of hydrogen-bond donors (Lipinski definition) is 1. The van der Waals surface area contributed by atoms with Crippen LogP contribution in [-0.4, -0.2) is 62.2 Å². The summed E-state index contributed by atoms with van der Waals surface area (Å²) >= 11 is 0. The number of halogens is 1. The van der Waals surface area contributed by atoms with E-state index >= 15 is 0 Å². The Bertz CT molecular complexity index is 1140. The van der Waals surface area contributed by atoms with Gasteiger partial charge in [0, 0.05) is 26.7 Å². The molecule has 3 rings (SSSR count). The van der Waals surface area contributed by atoms with Crippen molar-refractivity contribution in [3.8, 4) is 0 Å². The van der Waals surface area contributed by atoms with Crippen LogP contribution in [0.4, 0.5) is 10.1 Å². The van der Waals surface area contributed by atoms with Crippen LogP contribution in [0.3, 0.4) is 0 Å². The van der Waals surface area contributed by atoms with E-state index in [1.54, 1.807) is 0 Å². The topological polar surface area (TPSA) is 90.0 Å². The normalized spacial score (nSPS) is 15.3. The maximum Gasteiger partial charge on any atom is 0.304 e. The molecule has 8 nitrogen and oxygen atoms in total. The van der Waals surface area contributed by atoms with E-state index in [1.807, 2.05) is 37.3 Å². The Kier molecular flexibility index (Phi) is 10.0. The molecule has 1 N–H and O–H groups in total. The molecule has 0 saturated heterocycles. The van der Waals surface area contributed by atoms with Crippen molar-refractivity contribution in [1.29, 1.82) is 0 Å². The highest BCUT2D eigenvalue weighted by Crippen LogP contribution is 2.22. The molecule has 0 unspecified atom stereocenters. The second-order valence-corrected chi connectivity index (χ2v) is 11.6. The first-order valence-corrected chi connectivity index (χ1v) is 14.1. The molecule has 1 aliphatic carbocycles. The Morgan fingerprint density at radius 1 is 1.00 bits per heavy atom. The molecule has 0 aromatic heterocycles. The predicted molar refractivity (Wildman–Crippen MR) is 142 cm³/mol. The Balaban J connectivity index is 1.93. The Morgan fingerprint density at radius 3 is 2.19 bits per heavy atom. The van der Waals surface area contributed by atoms with Crippen LogP contribution in [0.25, 0.3) is 0 Å². The zero-order valence-electron chi connectivity index (χ0n) is 21.8. The van der Waals surface area contributed by atoms with Gasteiger partial charge in [-0.1, -0.05) is 56.5 Å². The number of benzene rings is 2. The van der Waals surface area contributed by atoms with Crippen molar-refractivity contribution in [2.45, 2.75) is 64.1 Å². The van der Waals surface area contributed by atoms with Crippen molar-refractivity contribution in [2.24, 2.45) is 0 Å². The number of nitrogens with zero attached hydrogens (tertiary/aromatic N) is 3. The van der Waals surface area contributed by atoms with Gasteiger partial charge < -0.3 is 10.2 Å². The summed E-state index contributed by atoms with van der Waals surface area (Å²) in [5, 5.41) is 3.12. The molecule has 0 bridgehead atoms. The van der Waals surface area contributed by atoms with Gasteiger partial charge in [0.15, 0.2) is 0 Å². The molecular weight excluding hydrogens is 495 g/mol. The largest absolute Gasteiger partial charge is 0.352 e. The quantitative estimate of drug-likeness (QED) is 0.478. The van der Waals surface area contributed by atoms with Crippen molar-refractivity contribution in [2.75, 3.05) is 24.9 Å². The van der Waals surface area contributed by atoms with E-state index in [1.165, 1.54) is 31.1 Å². The summed E-state index contributed by atoms with van der Waals surface area (Å²) in [5.74, 6) is -1.28. The van der Waals surface area contributed by atoms with Gasteiger partial charge in [-0.25, -0.2) is 8.70 Å². The molecule has 0 spiro atoms. The minimum atomic E-state index is -4.09. The average molecular weight is 533 g/mol. The first-order chi connectivity index (χ1) is 17.6.